The van der Waals surface area contributed by atoms with Gasteiger partial charge in [-0.15, -0.1) is 147 Å². The first-order valence-corrected chi connectivity index (χ1v) is 57.1. The summed E-state index contributed by atoms with van der Waals surface area (Å²) in [7, 11) is 0. The van der Waals surface area contributed by atoms with Crippen LogP contribution in [0.3, 0.4) is 0 Å². The van der Waals surface area contributed by atoms with E-state index in [1.54, 1.807) is 22.5 Å². The van der Waals surface area contributed by atoms with Gasteiger partial charge in [0.1, 0.15) is 0 Å². The molecule has 0 amide bonds. The van der Waals surface area contributed by atoms with Crippen LogP contribution >= 0.6 is 147 Å². The second-order valence-corrected chi connectivity index (χ2v) is 46.8. The summed E-state index contributed by atoms with van der Waals surface area (Å²) in [4.78, 5) is 33.1. The van der Waals surface area contributed by atoms with Gasteiger partial charge in [-0.25, -0.2) is 0 Å². The average Bonchev–Trinajstić information content (AvgIpc) is 1.63. The fourth-order valence-corrected chi connectivity index (χ4v) is 31.9. The number of thiophene rings is 13. The van der Waals surface area contributed by atoms with E-state index in [2.05, 4.69) is 321 Å². The highest BCUT2D eigenvalue weighted by Gasteiger charge is 2.29. The van der Waals surface area contributed by atoms with Crippen LogP contribution in [-0.4, -0.2) is 0 Å². The van der Waals surface area contributed by atoms with Crippen molar-refractivity contribution < 1.29 is 0 Å². The number of benzene rings is 4. The van der Waals surface area contributed by atoms with E-state index in [1.807, 2.05) is 136 Å². The number of hydrogen-bond acceptors (Lipinski definition) is 13. The number of hydrogen-bond donors (Lipinski definition) is 0. The number of unbranched alkanes of at least 4 members (excludes halogenated alkanes) is 8. The lowest BCUT2D eigenvalue weighted by Crippen LogP contribution is -1.94. The highest BCUT2D eigenvalue weighted by atomic mass is 32.1. The minimum absolute atomic E-state index is 0.845. The summed E-state index contributed by atoms with van der Waals surface area (Å²) in [5.41, 5.74) is 19.0. The van der Waals surface area contributed by atoms with Gasteiger partial charge >= 0.3 is 0 Å². The van der Waals surface area contributed by atoms with Crippen molar-refractivity contribution in [3.8, 4) is 167 Å². The van der Waals surface area contributed by atoms with Gasteiger partial charge in [0.05, 0.1) is 40.4 Å². The van der Waals surface area contributed by atoms with Crippen LogP contribution in [0, 0.1) is 47.4 Å². The second kappa shape index (κ2) is 45.1. The van der Waals surface area contributed by atoms with Crippen molar-refractivity contribution in [1.29, 1.82) is 0 Å². The second-order valence-electron chi connectivity index (χ2n) is 33.0. The van der Waals surface area contributed by atoms with Crippen LogP contribution < -0.4 is 0 Å². The fraction of sp³-hybridized carbons (Fsp3) is 0.276. The predicted molar refractivity (Wildman–Crippen MR) is 583 cm³/mol. The SMILES string of the molecule is CCCCc1c(-c2ccc(C#Cc3sc(C#Cc4ccc(-c5sc(-c6ccc(-c7ccccc7)s6)c(CCCC)c5CCCC)s4)c(C#Cc4ccc(-c5sc(-c6ccc(-c7ccccc7)s6)c(CCCC)c5CCCC)s4)c3C#Cc3ccc(-c4sc(-c5ccc(-c6ccccc6)s5)c(CCCC)c4CCCC)s3)s2)sc(-c2ccc(-c3ccccc3)s2)c1CCCC. The van der Waals surface area contributed by atoms with E-state index in [0.717, 1.165) is 194 Å². The van der Waals surface area contributed by atoms with E-state index in [9.17, 15) is 0 Å². The van der Waals surface area contributed by atoms with E-state index < -0.39 is 0 Å². The summed E-state index contributed by atoms with van der Waals surface area (Å²) < 4.78 is 0. The summed E-state index contributed by atoms with van der Waals surface area (Å²) in [6.07, 6.45) is 27.0. The minimum Gasteiger partial charge on any atom is -0.134 e. The summed E-state index contributed by atoms with van der Waals surface area (Å²) in [6, 6.07) is 81.0. The quantitative estimate of drug-likeness (QED) is 0.0343. The van der Waals surface area contributed by atoms with Gasteiger partial charge in [-0.1, -0.05) is 252 Å². The molecule has 0 unspecified atom stereocenters. The van der Waals surface area contributed by atoms with Crippen molar-refractivity contribution in [1.82, 2.24) is 0 Å². The molecule has 17 aromatic rings. The van der Waals surface area contributed by atoms with Crippen LogP contribution in [0.4, 0.5) is 0 Å². The zero-order valence-electron chi connectivity index (χ0n) is 75.1. The molecule has 13 heteroatoms. The Balaban J connectivity index is 0.821. The van der Waals surface area contributed by atoms with Crippen LogP contribution in [0.15, 0.2) is 218 Å². The first-order chi connectivity index (χ1) is 63.6. The largest absolute Gasteiger partial charge is 0.134 e. The summed E-state index contributed by atoms with van der Waals surface area (Å²) in [5, 5.41) is 0. The van der Waals surface area contributed by atoms with E-state index in [1.165, 1.54) is 153 Å². The maximum Gasteiger partial charge on any atom is 0.0955 e. The molecule has 0 bridgehead atoms. The highest BCUT2D eigenvalue weighted by Crippen LogP contribution is 2.54. The smallest absolute Gasteiger partial charge is 0.0955 e. The Morgan fingerprint density at radius 2 is 0.341 bits per heavy atom. The van der Waals surface area contributed by atoms with E-state index >= 15 is 0 Å². The standard InChI is InChI=1S/C116H108S13/c1-9-17-45-87-91(49-21-13-5)113(105-73-69-95(121-105)77-37-29-25-30-38-77)126-109(87)101-65-57-81(117-101)53-61-85-86(62-54-82-58-66-102(118-82)110-88(46-18-10-2)92(50-22-14-6)114(127-110)106-74-70-96(122-106)78-39-31-26-32-40-78)100(64-56-84-60-68-104(120-84)112-90(48-20-12-4)94(52-24-16-8)116(129-112)108-76-72-98(124-108)80-43-35-28-36-44-80)125-99(85)63-55-83-59-67-103(119-83)111-89(47-19-11-3)93(51-23-15-7)115(128-111)107-75-71-97(123-107)79-41-33-27-34-42-79/h25-44,57-60,65-76H,9-24,45-52H2,1-8H3. The molecule has 0 radical (unpaired) electrons. The van der Waals surface area contributed by atoms with Crippen LogP contribution in [0.25, 0.3) is 120 Å². The Labute approximate surface area is 818 Å². The highest BCUT2D eigenvalue weighted by molar-refractivity contribution is 7.30. The molecule has 650 valence electrons. The van der Waals surface area contributed by atoms with Gasteiger partial charge in [-0.2, -0.15) is 0 Å². The fourth-order valence-electron chi connectivity index (χ4n) is 16.8. The molecule has 0 fully saturated rings. The Hall–Kier alpha value is -8.78. The predicted octanol–water partition coefficient (Wildman–Crippen LogP) is 38.8. The van der Waals surface area contributed by atoms with Gasteiger partial charge in [0.2, 0.25) is 0 Å². The first kappa shape index (κ1) is 92.1. The van der Waals surface area contributed by atoms with Crippen molar-refractivity contribution in [2.75, 3.05) is 0 Å². The van der Waals surface area contributed by atoms with Crippen molar-refractivity contribution in [2.24, 2.45) is 0 Å². The molecular weight excluding hydrogens is 1810 g/mol. The maximum absolute atomic E-state index is 3.93. The third-order valence-electron chi connectivity index (χ3n) is 23.7. The van der Waals surface area contributed by atoms with Gasteiger partial charge in [-0.3, -0.25) is 0 Å². The van der Waals surface area contributed by atoms with Crippen LogP contribution in [-0.2, 0) is 51.4 Å². The molecule has 129 heavy (non-hydrogen) atoms. The molecule has 0 aliphatic rings. The monoisotopic (exact) mass is 1920 g/mol. The molecule has 0 N–H and O–H groups in total. The summed E-state index contributed by atoms with van der Waals surface area (Å²) in [5.74, 6) is 31.1. The molecule has 0 saturated carbocycles. The van der Waals surface area contributed by atoms with E-state index in [-0.39, 0.29) is 0 Å². The molecule has 0 aliphatic heterocycles. The summed E-state index contributed by atoms with van der Waals surface area (Å²) in [6.45, 7) is 18.7. The zero-order chi connectivity index (χ0) is 88.4. The van der Waals surface area contributed by atoms with Crippen molar-refractivity contribution >= 4 is 147 Å². The lowest BCUT2D eigenvalue weighted by atomic mass is 9.97. The lowest BCUT2D eigenvalue weighted by Gasteiger charge is -2.08. The molecule has 17 rings (SSSR count). The van der Waals surface area contributed by atoms with E-state index in [4.69, 9.17) is 0 Å². The van der Waals surface area contributed by atoms with Gasteiger partial charge in [0.15, 0.2) is 0 Å². The molecule has 0 atom stereocenters. The van der Waals surface area contributed by atoms with Gasteiger partial charge in [0, 0.05) is 97.5 Å². The Morgan fingerprint density at radius 3 is 0.543 bits per heavy atom. The van der Waals surface area contributed by atoms with Gasteiger partial charge in [0.25, 0.3) is 0 Å². The van der Waals surface area contributed by atoms with Crippen molar-refractivity contribution in [3.63, 3.8) is 0 Å². The molecule has 0 nitrogen and oxygen atoms in total. The third-order valence-corrected chi connectivity index (χ3v) is 39.8. The van der Waals surface area contributed by atoms with Crippen molar-refractivity contribution in [3.05, 3.63) is 303 Å². The lowest BCUT2D eigenvalue weighted by molar-refractivity contribution is 0.764. The molecule has 13 heterocycles. The molecule has 0 spiro atoms. The minimum atomic E-state index is 0.845. The Morgan fingerprint density at radius 1 is 0.163 bits per heavy atom. The molecule has 0 saturated heterocycles. The van der Waals surface area contributed by atoms with Crippen molar-refractivity contribution in [2.45, 2.75) is 209 Å². The normalized spacial score (nSPS) is 11.3. The topological polar surface area (TPSA) is 0 Å². The third kappa shape index (κ3) is 21.6. The van der Waals surface area contributed by atoms with Crippen LogP contribution in [0.2, 0.25) is 0 Å². The number of rotatable bonds is 36. The average molecular weight is 1920 g/mol. The van der Waals surface area contributed by atoms with Crippen LogP contribution in [0.5, 0.6) is 0 Å². The molecule has 4 aromatic carbocycles. The van der Waals surface area contributed by atoms with E-state index in [0.29, 0.717) is 0 Å². The molecule has 13 aromatic heterocycles. The Kier molecular flexibility index (Phi) is 32.2. The molecular formula is C116H108S13. The summed E-state index contributed by atoms with van der Waals surface area (Å²) >= 11 is 24.7. The van der Waals surface area contributed by atoms with Gasteiger partial charge in [-0.05, 0) is 290 Å². The van der Waals surface area contributed by atoms with Crippen LogP contribution in [0.1, 0.15) is 243 Å². The zero-order valence-corrected chi connectivity index (χ0v) is 85.7. The first-order valence-electron chi connectivity index (χ1n) is 46.5. The Bertz CT molecular complexity index is 6470. The molecule has 0 aliphatic carbocycles. The van der Waals surface area contributed by atoms with Gasteiger partial charge < -0.3 is 0 Å². The maximum atomic E-state index is 3.93.